The Bertz CT molecular complexity index is 1230. The van der Waals surface area contributed by atoms with Crippen molar-refractivity contribution in [1.29, 1.82) is 0 Å². The number of hydrogen-bond acceptors (Lipinski definition) is 6. The van der Waals surface area contributed by atoms with Crippen molar-refractivity contribution >= 4 is 17.9 Å². The number of nitrogens with zero attached hydrogens (tertiary/aromatic N) is 1. The van der Waals surface area contributed by atoms with E-state index in [4.69, 9.17) is 18.9 Å². The molecular formula is C29H29NO5. The Morgan fingerprint density at radius 2 is 1.63 bits per heavy atom. The van der Waals surface area contributed by atoms with Gasteiger partial charge >= 0.3 is 5.97 Å². The Labute approximate surface area is 205 Å². The van der Waals surface area contributed by atoms with E-state index in [0.29, 0.717) is 36.5 Å². The number of hydrogen-bond donors (Lipinski definition) is 0. The maximum atomic E-state index is 12.3. The van der Waals surface area contributed by atoms with Gasteiger partial charge in [-0.05, 0) is 59.9 Å². The van der Waals surface area contributed by atoms with Crippen LogP contribution in [0.2, 0.25) is 0 Å². The summed E-state index contributed by atoms with van der Waals surface area (Å²) >= 11 is 0. The zero-order valence-corrected chi connectivity index (χ0v) is 20.2. The number of rotatable bonds is 10. The van der Waals surface area contributed by atoms with Gasteiger partial charge in [0.2, 0.25) is 5.90 Å². The predicted octanol–water partition coefficient (Wildman–Crippen LogP) is 6.01. The third kappa shape index (κ3) is 5.90. The molecule has 35 heavy (non-hydrogen) atoms. The van der Waals surface area contributed by atoms with Crippen LogP contribution in [0.25, 0.3) is 6.08 Å². The molecule has 1 aliphatic rings. The lowest BCUT2D eigenvalue weighted by molar-refractivity contribution is -0.129. The van der Waals surface area contributed by atoms with Gasteiger partial charge in [0.25, 0.3) is 0 Å². The van der Waals surface area contributed by atoms with Gasteiger partial charge in [0.05, 0.1) is 7.11 Å². The van der Waals surface area contributed by atoms with Gasteiger partial charge in [-0.25, -0.2) is 9.79 Å². The SMILES string of the molecule is CCC(C)c1ccccc1OCCOc1ccc(C=C2N=C(c3ccccc3)OC2=O)cc1OC. The maximum Gasteiger partial charge on any atom is 0.363 e. The van der Waals surface area contributed by atoms with Crippen molar-refractivity contribution in [3.8, 4) is 17.2 Å². The van der Waals surface area contributed by atoms with E-state index in [1.807, 2.05) is 54.6 Å². The third-order valence-corrected chi connectivity index (χ3v) is 5.79. The standard InChI is InChI=1S/C29H29NO5/c1-4-20(2)23-12-8-9-13-25(23)33-16-17-34-26-15-14-21(19-27(26)32-3)18-24-29(31)35-28(30-24)22-10-6-5-7-11-22/h5-15,18-20H,4,16-17H2,1-3H3. The number of para-hydroxylation sites is 1. The fraction of sp³-hybridized carbons (Fsp3) is 0.241. The summed E-state index contributed by atoms with van der Waals surface area (Å²) in [6.07, 6.45) is 2.71. The molecule has 4 rings (SSSR count). The smallest absolute Gasteiger partial charge is 0.363 e. The summed E-state index contributed by atoms with van der Waals surface area (Å²) in [7, 11) is 1.58. The molecule has 3 aromatic carbocycles. The highest BCUT2D eigenvalue weighted by Gasteiger charge is 2.24. The molecule has 0 fully saturated rings. The minimum atomic E-state index is -0.488. The number of benzene rings is 3. The Morgan fingerprint density at radius 1 is 0.914 bits per heavy atom. The maximum absolute atomic E-state index is 12.3. The van der Waals surface area contributed by atoms with Crippen molar-refractivity contribution in [1.82, 2.24) is 0 Å². The number of aliphatic imine (C=N–C) groups is 1. The molecule has 1 aliphatic heterocycles. The lowest BCUT2D eigenvalue weighted by Gasteiger charge is -2.16. The van der Waals surface area contributed by atoms with Crippen LogP contribution in [0.4, 0.5) is 0 Å². The molecule has 0 bridgehead atoms. The monoisotopic (exact) mass is 471 g/mol. The Hall–Kier alpha value is -4.06. The van der Waals surface area contributed by atoms with Gasteiger partial charge in [0, 0.05) is 5.56 Å². The van der Waals surface area contributed by atoms with Crippen LogP contribution < -0.4 is 14.2 Å². The van der Waals surface area contributed by atoms with Crippen LogP contribution in [0.5, 0.6) is 17.2 Å². The largest absolute Gasteiger partial charge is 0.493 e. The second-order valence-electron chi connectivity index (χ2n) is 8.16. The molecule has 3 aromatic rings. The topological polar surface area (TPSA) is 66.3 Å². The first kappa shape index (κ1) is 24.1. The van der Waals surface area contributed by atoms with E-state index in [2.05, 4.69) is 24.9 Å². The van der Waals surface area contributed by atoms with Crippen LogP contribution in [0.3, 0.4) is 0 Å². The summed E-state index contributed by atoms with van der Waals surface area (Å²) in [5, 5.41) is 0. The van der Waals surface area contributed by atoms with Crippen LogP contribution in [0.15, 0.2) is 83.5 Å². The van der Waals surface area contributed by atoms with Gasteiger partial charge in [-0.3, -0.25) is 0 Å². The Balaban J connectivity index is 1.40. The average molecular weight is 472 g/mol. The number of esters is 1. The normalized spacial score (nSPS) is 14.9. The molecule has 0 aromatic heterocycles. The highest BCUT2D eigenvalue weighted by molar-refractivity contribution is 6.12. The van der Waals surface area contributed by atoms with Crippen molar-refractivity contribution in [2.45, 2.75) is 26.2 Å². The zero-order valence-electron chi connectivity index (χ0n) is 20.2. The molecular weight excluding hydrogens is 442 g/mol. The van der Waals surface area contributed by atoms with Gasteiger partial charge < -0.3 is 18.9 Å². The number of cyclic esters (lactones) is 1. The highest BCUT2D eigenvalue weighted by atomic mass is 16.6. The van der Waals surface area contributed by atoms with Crippen LogP contribution in [0, 0.1) is 0 Å². The lowest BCUT2D eigenvalue weighted by Crippen LogP contribution is -2.11. The van der Waals surface area contributed by atoms with Crippen LogP contribution >= 0.6 is 0 Å². The van der Waals surface area contributed by atoms with Gasteiger partial charge in [0.1, 0.15) is 19.0 Å². The zero-order chi connectivity index (χ0) is 24.6. The molecule has 6 nitrogen and oxygen atoms in total. The molecule has 0 amide bonds. The molecule has 0 spiro atoms. The first-order chi connectivity index (χ1) is 17.1. The van der Waals surface area contributed by atoms with Crippen LogP contribution in [0.1, 0.15) is 42.9 Å². The molecule has 0 aliphatic carbocycles. The third-order valence-electron chi connectivity index (χ3n) is 5.79. The van der Waals surface area contributed by atoms with Gasteiger partial charge in [0.15, 0.2) is 17.2 Å². The van der Waals surface area contributed by atoms with Gasteiger partial charge in [-0.2, -0.15) is 0 Å². The summed E-state index contributed by atoms with van der Waals surface area (Å²) in [5.74, 6) is 2.27. The molecule has 1 heterocycles. The van der Waals surface area contributed by atoms with Gasteiger partial charge in [-0.15, -0.1) is 0 Å². The molecule has 0 N–H and O–H groups in total. The second-order valence-corrected chi connectivity index (χ2v) is 8.16. The van der Waals surface area contributed by atoms with Gasteiger partial charge in [-0.1, -0.05) is 56.3 Å². The molecule has 6 heteroatoms. The number of methoxy groups -OCH3 is 1. The molecule has 0 saturated carbocycles. The van der Waals surface area contributed by atoms with E-state index < -0.39 is 5.97 Å². The first-order valence-corrected chi connectivity index (χ1v) is 11.7. The van der Waals surface area contributed by atoms with Crippen molar-refractivity contribution in [3.63, 3.8) is 0 Å². The van der Waals surface area contributed by atoms with Crippen molar-refractivity contribution in [2.24, 2.45) is 4.99 Å². The minimum absolute atomic E-state index is 0.230. The number of carbonyl (C=O) groups is 1. The fourth-order valence-electron chi connectivity index (χ4n) is 3.71. The van der Waals surface area contributed by atoms with E-state index >= 15 is 0 Å². The van der Waals surface area contributed by atoms with Crippen molar-refractivity contribution in [3.05, 3.63) is 95.2 Å². The van der Waals surface area contributed by atoms with Crippen molar-refractivity contribution < 1.29 is 23.7 Å². The van der Waals surface area contributed by atoms with Crippen LogP contribution in [-0.2, 0) is 9.53 Å². The number of ether oxygens (including phenoxy) is 4. The quantitative estimate of drug-likeness (QED) is 0.206. The minimum Gasteiger partial charge on any atom is -0.493 e. The Kier molecular flexibility index (Phi) is 7.83. The van der Waals surface area contributed by atoms with E-state index in [0.717, 1.165) is 23.3 Å². The summed E-state index contributed by atoms with van der Waals surface area (Å²) in [5.41, 5.74) is 2.93. The molecule has 1 unspecified atom stereocenters. The van der Waals surface area contributed by atoms with E-state index in [1.54, 1.807) is 25.3 Å². The summed E-state index contributed by atoms with van der Waals surface area (Å²) in [4.78, 5) is 16.6. The average Bonchev–Trinajstić information content (AvgIpc) is 3.27. The number of carbonyl (C=O) groups excluding carboxylic acids is 1. The predicted molar refractivity (Wildman–Crippen MR) is 136 cm³/mol. The van der Waals surface area contributed by atoms with Crippen molar-refractivity contribution in [2.75, 3.05) is 20.3 Å². The second kappa shape index (κ2) is 11.4. The molecule has 0 saturated heterocycles. The summed E-state index contributed by atoms with van der Waals surface area (Å²) in [6, 6.07) is 22.9. The Morgan fingerprint density at radius 3 is 2.37 bits per heavy atom. The fourth-order valence-corrected chi connectivity index (χ4v) is 3.71. The summed E-state index contributed by atoms with van der Waals surface area (Å²) in [6.45, 7) is 5.13. The molecule has 1 atom stereocenters. The van der Waals surface area contributed by atoms with E-state index in [1.165, 1.54) is 5.56 Å². The molecule has 0 radical (unpaired) electrons. The van der Waals surface area contributed by atoms with E-state index in [-0.39, 0.29) is 5.70 Å². The summed E-state index contributed by atoms with van der Waals surface area (Å²) < 4.78 is 22.7. The lowest BCUT2D eigenvalue weighted by atomic mass is 9.98. The highest BCUT2D eigenvalue weighted by Crippen LogP contribution is 2.31. The molecule has 180 valence electrons. The van der Waals surface area contributed by atoms with E-state index in [9.17, 15) is 4.79 Å². The first-order valence-electron chi connectivity index (χ1n) is 11.7. The van der Waals surface area contributed by atoms with Crippen LogP contribution in [-0.4, -0.2) is 32.2 Å².